The molecule has 2 fully saturated rings. The van der Waals surface area contributed by atoms with Gasteiger partial charge in [-0.1, -0.05) is 6.42 Å². The van der Waals surface area contributed by atoms with Gasteiger partial charge in [0.25, 0.3) is 11.8 Å². The second-order valence-corrected chi connectivity index (χ2v) is 7.29. The highest BCUT2D eigenvalue weighted by atomic mass is 16.2. The minimum absolute atomic E-state index is 0.0844. The zero-order valence-electron chi connectivity index (χ0n) is 13.7. The van der Waals surface area contributed by atoms with Gasteiger partial charge < -0.3 is 5.32 Å². The van der Waals surface area contributed by atoms with E-state index in [1.165, 1.54) is 31.9 Å². The summed E-state index contributed by atoms with van der Waals surface area (Å²) in [6.07, 6.45) is 6.53. The molecule has 0 aromatic carbocycles. The zero-order valence-corrected chi connectivity index (χ0v) is 13.7. The molecular weight excluding hydrogens is 306 g/mol. The summed E-state index contributed by atoms with van der Waals surface area (Å²) in [4.78, 5) is 41.8. The van der Waals surface area contributed by atoms with Gasteiger partial charge in [-0.25, -0.2) is 0 Å². The van der Waals surface area contributed by atoms with E-state index >= 15 is 0 Å². The van der Waals surface area contributed by atoms with Crippen LogP contribution in [0, 0.1) is 17.8 Å². The number of hydrogen-bond donors (Lipinski definition) is 1. The SMILES string of the molecule is C[C@@H](NC(=O)CN1C(=O)c2cccnc2C1=O)[C@H]1C[C@H]2CC[C@H]1C2. The second kappa shape index (κ2) is 5.69. The molecule has 1 aromatic rings. The molecule has 6 nitrogen and oxygen atoms in total. The Kier molecular flexibility index (Phi) is 3.62. The normalized spacial score (nSPS) is 29.0. The van der Waals surface area contributed by atoms with Crippen LogP contribution in [0.25, 0.3) is 0 Å². The summed E-state index contributed by atoms with van der Waals surface area (Å²) >= 11 is 0. The number of hydrogen-bond acceptors (Lipinski definition) is 4. The van der Waals surface area contributed by atoms with E-state index in [1.807, 2.05) is 6.92 Å². The van der Waals surface area contributed by atoms with Gasteiger partial charge in [0.2, 0.25) is 5.91 Å². The number of nitrogens with one attached hydrogen (secondary N) is 1. The van der Waals surface area contributed by atoms with Crippen molar-refractivity contribution in [3.05, 3.63) is 29.6 Å². The van der Waals surface area contributed by atoms with Crippen LogP contribution >= 0.6 is 0 Å². The molecule has 4 rings (SSSR count). The molecule has 0 saturated heterocycles. The minimum atomic E-state index is -0.488. The molecule has 0 radical (unpaired) electrons. The number of amides is 3. The average molecular weight is 327 g/mol. The number of rotatable bonds is 4. The van der Waals surface area contributed by atoms with Gasteiger partial charge in [-0.2, -0.15) is 0 Å². The van der Waals surface area contributed by atoms with Crippen LogP contribution in [-0.4, -0.2) is 40.2 Å². The van der Waals surface area contributed by atoms with Crippen LogP contribution in [0.4, 0.5) is 0 Å². The van der Waals surface area contributed by atoms with Gasteiger partial charge in [0.15, 0.2) is 0 Å². The Balaban J connectivity index is 1.38. The molecule has 1 aliphatic heterocycles. The molecule has 0 spiro atoms. The van der Waals surface area contributed by atoms with Crippen molar-refractivity contribution < 1.29 is 14.4 Å². The molecule has 4 atom stereocenters. The van der Waals surface area contributed by atoms with Crippen LogP contribution in [0.3, 0.4) is 0 Å². The van der Waals surface area contributed by atoms with Crippen molar-refractivity contribution >= 4 is 17.7 Å². The van der Waals surface area contributed by atoms with Crippen molar-refractivity contribution in [1.82, 2.24) is 15.2 Å². The van der Waals surface area contributed by atoms with Gasteiger partial charge in [-0.3, -0.25) is 24.3 Å². The van der Waals surface area contributed by atoms with E-state index < -0.39 is 11.8 Å². The lowest BCUT2D eigenvalue weighted by molar-refractivity contribution is -0.122. The molecule has 3 aliphatic rings. The summed E-state index contributed by atoms with van der Waals surface area (Å²) in [5, 5.41) is 3.00. The second-order valence-electron chi connectivity index (χ2n) is 7.29. The highest BCUT2D eigenvalue weighted by Crippen LogP contribution is 2.49. The first-order valence-electron chi connectivity index (χ1n) is 8.65. The largest absolute Gasteiger partial charge is 0.352 e. The summed E-state index contributed by atoms with van der Waals surface area (Å²) in [6, 6.07) is 3.27. The molecule has 1 N–H and O–H groups in total. The smallest absolute Gasteiger partial charge is 0.280 e. The maximum Gasteiger partial charge on any atom is 0.280 e. The van der Waals surface area contributed by atoms with Crippen molar-refractivity contribution in [1.29, 1.82) is 0 Å². The molecule has 0 unspecified atom stereocenters. The van der Waals surface area contributed by atoms with E-state index in [0.717, 1.165) is 10.8 Å². The predicted octanol–water partition coefficient (Wildman–Crippen LogP) is 1.62. The molecule has 6 heteroatoms. The maximum atomic E-state index is 12.3. The summed E-state index contributed by atoms with van der Waals surface area (Å²) < 4.78 is 0. The zero-order chi connectivity index (χ0) is 16.8. The number of carbonyl (C=O) groups excluding carboxylic acids is 3. The third kappa shape index (κ3) is 2.41. The van der Waals surface area contributed by atoms with E-state index in [0.29, 0.717) is 11.8 Å². The standard InChI is InChI=1S/C18H21N3O3/c1-10(14-8-11-4-5-12(14)7-11)20-15(22)9-21-17(23)13-3-2-6-19-16(13)18(21)24/h2-3,6,10-12,14H,4-5,7-9H2,1H3,(H,20,22)/t10-,11+,12+,14-/m1/s1. The Morgan fingerprint density at radius 2 is 2.17 bits per heavy atom. The number of nitrogens with zero attached hydrogens (tertiary/aromatic N) is 2. The van der Waals surface area contributed by atoms with Crippen molar-refractivity contribution in [3.8, 4) is 0 Å². The fourth-order valence-electron chi connectivity index (χ4n) is 4.71. The van der Waals surface area contributed by atoms with E-state index in [2.05, 4.69) is 10.3 Å². The van der Waals surface area contributed by atoms with Crippen LogP contribution in [-0.2, 0) is 4.79 Å². The van der Waals surface area contributed by atoms with Gasteiger partial charge >= 0.3 is 0 Å². The molecule has 126 valence electrons. The first-order chi connectivity index (χ1) is 11.5. The maximum absolute atomic E-state index is 12.3. The minimum Gasteiger partial charge on any atom is -0.352 e. The lowest BCUT2D eigenvalue weighted by Crippen LogP contribution is -2.46. The number of fused-ring (bicyclic) bond motifs is 3. The molecule has 24 heavy (non-hydrogen) atoms. The van der Waals surface area contributed by atoms with Crippen LogP contribution in [0.1, 0.15) is 53.5 Å². The Labute approximate surface area is 140 Å². The highest BCUT2D eigenvalue weighted by molar-refractivity contribution is 6.21. The highest BCUT2D eigenvalue weighted by Gasteiger charge is 2.43. The Morgan fingerprint density at radius 1 is 1.33 bits per heavy atom. The third-order valence-electron chi connectivity index (χ3n) is 5.86. The molecule has 2 saturated carbocycles. The Bertz CT molecular complexity index is 682. The quantitative estimate of drug-likeness (QED) is 0.852. The van der Waals surface area contributed by atoms with Crippen molar-refractivity contribution in [2.24, 2.45) is 17.8 Å². The topological polar surface area (TPSA) is 79.4 Å². The van der Waals surface area contributed by atoms with E-state index in [9.17, 15) is 14.4 Å². The van der Waals surface area contributed by atoms with E-state index in [4.69, 9.17) is 0 Å². The predicted molar refractivity (Wildman–Crippen MR) is 86.1 cm³/mol. The molecular formula is C18H21N3O3. The molecule has 2 aliphatic carbocycles. The molecule has 1 aromatic heterocycles. The molecule has 2 heterocycles. The lowest BCUT2D eigenvalue weighted by atomic mass is 9.84. The van der Waals surface area contributed by atoms with Crippen LogP contribution < -0.4 is 5.32 Å². The van der Waals surface area contributed by atoms with Gasteiger partial charge in [-0.05, 0) is 56.1 Å². The van der Waals surface area contributed by atoms with Crippen molar-refractivity contribution in [2.75, 3.05) is 6.54 Å². The first kappa shape index (κ1) is 15.3. The number of aromatic nitrogens is 1. The number of imide groups is 1. The van der Waals surface area contributed by atoms with Gasteiger partial charge in [0.05, 0.1) is 5.56 Å². The summed E-state index contributed by atoms with van der Waals surface area (Å²) in [5.74, 6) is 0.857. The van der Waals surface area contributed by atoms with Gasteiger partial charge in [-0.15, -0.1) is 0 Å². The average Bonchev–Trinajstić information content (AvgIpc) is 3.26. The fourth-order valence-corrected chi connectivity index (χ4v) is 4.71. The Morgan fingerprint density at radius 3 is 2.83 bits per heavy atom. The van der Waals surface area contributed by atoms with Gasteiger partial charge in [0, 0.05) is 12.2 Å². The third-order valence-corrected chi connectivity index (χ3v) is 5.86. The van der Waals surface area contributed by atoms with Crippen LogP contribution in [0.2, 0.25) is 0 Å². The first-order valence-corrected chi connectivity index (χ1v) is 8.65. The van der Waals surface area contributed by atoms with Crippen LogP contribution in [0.5, 0.6) is 0 Å². The number of carbonyl (C=O) groups is 3. The summed E-state index contributed by atoms with van der Waals surface area (Å²) in [5.41, 5.74) is 0.410. The van der Waals surface area contributed by atoms with E-state index in [-0.39, 0.29) is 29.8 Å². The monoisotopic (exact) mass is 327 g/mol. The van der Waals surface area contributed by atoms with Crippen LogP contribution in [0.15, 0.2) is 18.3 Å². The molecule has 3 amide bonds. The summed E-state index contributed by atoms with van der Waals surface area (Å²) in [6.45, 7) is 1.80. The number of pyridine rings is 1. The summed E-state index contributed by atoms with van der Waals surface area (Å²) in [7, 11) is 0. The fraction of sp³-hybridized carbons (Fsp3) is 0.556. The van der Waals surface area contributed by atoms with E-state index in [1.54, 1.807) is 12.1 Å². The van der Waals surface area contributed by atoms with Crippen molar-refractivity contribution in [3.63, 3.8) is 0 Å². The van der Waals surface area contributed by atoms with Crippen molar-refractivity contribution in [2.45, 2.75) is 38.6 Å². The molecule has 2 bridgehead atoms. The van der Waals surface area contributed by atoms with Gasteiger partial charge in [0.1, 0.15) is 12.2 Å². The Hall–Kier alpha value is -2.24. The lowest BCUT2D eigenvalue weighted by Gasteiger charge is -2.29.